The van der Waals surface area contributed by atoms with Crippen molar-refractivity contribution in [3.63, 3.8) is 0 Å². The van der Waals surface area contributed by atoms with Crippen LogP contribution in [0.15, 0.2) is 12.1 Å². The number of nitrogens with one attached hydrogen (secondary N) is 1. The van der Waals surface area contributed by atoms with E-state index < -0.39 is 5.82 Å². The van der Waals surface area contributed by atoms with Crippen molar-refractivity contribution in [1.82, 2.24) is 4.98 Å². The van der Waals surface area contributed by atoms with Crippen LogP contribution < -0.4 is 5.73 Å². The highest BCUT2D eigenvalue weighted by Crippen LogP contribution is 2.27. The summed E-state index contributed by atoms with van der Waals surface area (Å²) in [6, 6.07) is 3.47. The number of aliphatic hydroxyl groups excluding tert-OH is 1. The van der Waals surface area contributed by atoms with Gasteiger partial charge >= 0.3 is 0 Å². The Kier molecular flexibility index (Phi) is 1.93. The normalized spacial score (nSPS) is 11.1. The van der Waals surface area contributed by atoms with Gasteiger partial charge in [0.25, 0.3) is 0 Å². The number of benzene rings is 1. The molecule has 0 fully saturated rings. The minimum absolute atomic E-state index is 0.0691. The largest absolute Gasteiger partial charge is 0.395 e. The quantitative estimate of drug-likeness (QED) is 0.605. The molecule has 0 atom stereocenters. The number of H-pyrrole nitrogens is 1. The van der Waals surface area contributed by atoms with E-state index in [0.717, 1.165) is 11.1 Å². The van der Waals surface area contributed by atoms with Gasteiger partial charge in [-0.1, -0.05) is 0 Å². The number of aromatic nitrogens is 1. The number of nitrogen functional groups attached to an aromatic ring is 1. The molecule has 0 saturated carbocycles. The molecule has 0 unspecified atom stereocenters. The van der Waals surface area contributed by atoms with E-state index in [4.69, 9.17) is 10.8 Å². The maximum Gasteiger partial charge on any atom is 0.153 e. The number of halogens is 1. The van der Waals surface area contributed by atoms with Crippen LogP contribution in [0.3, 0.4) is 0 Å². The molecule has 0 radical (unpaired) electrons. The molecule has 14 heavy (non-hydrogen) atoms. The summed E-state index contributed by atoms with van der Waals surface area (Å²) >= 11 is 0. The van der Waals surface area contributed by atoms with Crippen LogP contribution in [0.2, 0.25) is 0 Å². The summed E-state index contributed by atoms with van der Waals surface area (Å²) in [5, 5.41) is 9.73. The SMILES string of the molecule is Cc1cc2cc(CO)c(F)c(N)c2[nH]1. The Balaban J connectivity index is 2.84. The van der Waals surface area contributed by atoms with Crippen LogP contribution in [0.25, 0.3) is 10.9 Å². The smallest absolute Gasteiger partial charge is 0.153 e. The third kappa shape index (κ3) is 1.15. The number of fused-ring (bicyclic) bond motifs is 1. The van der Waals surface area contributed by atoms with Crippen LogP contribution in [0.1, 0.15) is 11.3 Å². The Bertz CT molecular complexity index is 490. The fraction of sp³-hybridized carbons (Fsp3) is 0.200. The van der Waals surface area contributed by atoms with E-state index in [-0.39, 0.29) is 17.9 Å². The molecule has 0 saturated heterocycles. The van der Waals surface area contributed by atoms with E-state index in [0.29, 0.717) is 5.52 Å². The molecule has 1 aromatic carbocycles. The van der Waals surface area contributed by atoms with Crippen LogP contribution in [-0.4, -0.2) is 10.1 Å². The number of nitrogens with two attached hydrogens (primary N) is 1. The molecule has 4 heteroatoms. The van der Waals surface area contributed by atoms with Crippen molar-refractivity contribution in [1.29, 1.82) is 0 Å². The average Bonchev–Trinajstić information content (AvgIpc) is 2.52. The molecule has 2 rings (SSSR count). The second-order valence-corrected chi connectivity index (χ2v) is 3.34. The van der Waals surface area contributed by atoms with Crippen LogP contribution in [0.5, 0.6) is 0 Å². The van der Waals surface area contributed by atoms with Crippen molar-refractivity contribution in [3.05, 3.63) is 29.2 Å². The molecule has 4 N–H and O–H groups in total. The number of hydrogen-bond acceptors (Lipinski definition) is 2. The number of rotatable bonds is 1. The zero-order chi connectivity index (χ0) is 10.3. The van der Waals surface area contributed by atoms with Crippen molar-refractivity contribution < 1.29 is 9.50 Å². The summed E-state index contributed by atoms with van der Waals surface area (Å²) in [5.41, 5.74) is 7.40. The highest BCUT2D eigenvalue weighted by Gasteiger charge is 2.11. The van der Waals surface area contributed by atoms with E-state index in [2.05, 4.69) is 4.98 Å². The van der Waals surface area contributed by atoms with Gasteiger partial charge in [0.1, 0.15) is 0 Å². The van der Waals surface area contributed by atoms with Gasteiger partial charge in [-0.3, -0.25) is 0 Å². The lowest BCUT2D eigenvalue weighted by Gasteiger charge is -2.03. The highest BCUT2D eigenvalue weighted by atomic mass is 19.1. The Morgan fingerprint density at radius 1 is 1.50 bits per heavy atom. The average molecular weight is 194 g/mol. The lowest BCUT2D eigenvalue weighted by atomic mass is 10.1. The lowest BCUT2D eigenvalue weighted by Crippen LogP contribution is -1.97. The van der Waals surface area contributed by atoms with Crippen LogP contribution in [0, 0.1) is 12.7 Å². The summed E-state index contributed by atoms with van der Waals surface area (Å²) < 4.78 is 13.4. The molecule has 0 amide bonds. The summed E-state index contributed by atoms with van der Waals surface area (Å²) in [5.74, 6) is -0.540. The molecule has 0 aliphatic rings. The van der Waals surface area contributed by atoms with Crippen molar-refractivity contribution >= 4 is 16.6 Å². The summed E-state index contributed by atoms with van der Waals surface area (Å²) in [6.45, 7) is 1.53. The first-order valence-electron chi connectivity index (χ1n) is 4.30. The van der Waals surface area contributed by atoms with Crippen LogP contribution >= 0.6 is 0 Å². The third-order valence-corrected chi connectivity index (χ3v) is 2.27. The van der Waals surface area contributed by atoms with Gasteiger partial charge in [-0.2, -0.15) is 0 Å². The van der Waals surface area contributed by atoms with Crippen LogP contribution in [-0.2, 0) is 6.61 Å². The van der Waals surface area contributed by atoms with Crippen LogP contribution in [0.4, 0.5) is 10.1 Å². The summed E-state index contributed by atoms with van der Waals surface area (Å²) in [4.78, 5) is 2.97. The monoisotopic (exact) mass is 194 g/mol. The van der Waals surface area contributed by atoms with Gasteiger partial charge in [0.2, 0.25) is 0 Å². The van der Waals surface area contributed by atoms with E-state index in [9.17, 15) is 4.39 Å². The predicted octanol–water partition coefficient (Wildman–Crippen LogP) is 1.69. The molecule has 0 aliphatic carbocycles. The van der Waals surface area contributed by atoms with Gasteiger partial charge in [-0.25, -0.2) is 4.39 Å². The molecule has 1 aromatic heterocycles. The number of aliphatic hydroxyl groups is 1. The lowest BCUT2D eigenvalue weighted by molar-refractivity contribution is 0.276. The second kappa shape index (κ2) is 2.99. The maximum atomic E-state index is 13.4. The molecule has 0 aliphatic heterocycles. The molecule has 0 bridgehead atoms. The number of aryl methyl sites for hydroxylation is 1. The molecular weight excluding hydrogens is 183 g/mol. The minimum atomic E-state index is -0.540. The van der Waals surface area contributed by atoms with Gasteiger partial charge in [-0.15, -0.1) is 0 Å². The van der Waals surface area contributed by atoms with E-state index in [1.165, 1.54) is 0 Å². The van der Waals surface area contributed by atoms with E-state index >= 15 is 0 Å². The van der Waals surface area contributed by atoms with Gasteiger partial charge < -0.3 is 15.8 Å². The second-order valence-electron chi connectivity index (χ2n) is 3.34. The topological polar surface area (TPSA) is 62.0 Å². The predicted molar refractivity (Wildman–Crippen MR) is 53.3 cm³/mol. The Morgan fingerprint density at radius 2 is 2.21 bits per heavy atom. The first-order valence-corrected chi connectivity index (χ1v) is 4.30. The summed E-state index contributed by atoms with van der Waals surface area (Å²) in [7, 11) is 0. The number of aromatic amines is 1. The highest BCUT2D eigenvalue weighted by molar-refractivity contribution is 5.91. The van der Waals surface area contributed by atoms with Gasteiger partial charge in [0.05, 0.1) is 17.8 Å². The fourth-order valence-electron chi connectivity index (χ4n) is 1.60. The summed E-state index contributed by atoms with van der Waals surface area (Å²) in [6.07, 6.45) is 0. The Labute approximate surface area is 80.4 Å². The zero-order valence-electron chi connectivity index (χ0n) is 7.76. The number of hydrogen-bond donors (Lipinski definition) is 3. The van der Waals surface area contributed by atoms with Gasteiger partial charge in [0, 0.05) is 16.6 Å². The Hall–Kier alpha value is -1.55. The van der Waals surface area contributed by atoms with Gasteiger partial charge in [-0.05, 0) is 19.1 Å². The molecule has 2 aromatic rings. The van der Waals surface area contributed by atoms with Crippen molar-refractivity contribution in [2.75, 3.05) is 5.73 Å². The van der Waals surface area contributed by atoms with Gasteiger partial charge in [0.15, 0.2) is 5.82 Å². The van der Waals surface area contributed by atoms with Crippen molar-refractivity contribution in [3.8, 4) is 0 Å². The molecule has 74 valence electrons. The first kappa shape index (κ1) is 9.02. The minimum Gasteiger partial charge on any atom is -0.395 e. The number of anilines is 1. The third-order valence-electron chi connectivity index (χ3n) is 2.27. The molecule has 1 heterocycles. The first-order chi connectivity index (χ1) is 6.63. The van der Waals surface area contributed by atoms with E-state index in [1.807, 2.05) is 13.0 Å². The zero-order valence-corrected chi connectivity index (χ0v) is 7.76. The fourth-order valence-corrected chi connectivity index (χ4v) is 1.60. The Morgan fingerprint density at radius 3 is 2.86 bits per heavy atom. The van der Waals surface area contributed by atoms with Crippen molar-refractivity contribution in [2.45, 2.75) is 13.5 Å². The molecular formula is C10H11FN2O. The maximum absolute atomic E-state index is 13.4. The standard InChI is InChI=1S/C10H11FN2O/c1-5-2-6-3-7(4-14)8(11)9(12)10(6)13-5/h2-3,13-14H,4,12H2,1H3. The molecule has 3 nitrogen and oxygen atoms in total. The van der Waals surface area contributed by atoms with E-state index in [1.54, 1.807) is 6.07 Å². The molecule has 0 spiro atoms. The van der Waals surface area contributed by atoms with Crippen molar-refractivity contribution in [2.24, 2.45) is 0 Å².